The maximum absolute atomic E-state index is 10.1. The second-order valence-corrected chi connectivity index (χ2v) is 2.06. The zero-order valence-corrected chi connectivity index (χ0v) is 9.05. The Morgan fingerprint density at radius 2 is 2.27 bits per heavy atom. The molecular formula is C6H3ClNO2Y-. The van der Waals surface area contributed by atoms with Gasteiger partial charge in [-0.2, -0.15) is 12.1 Å². The largest absolute Gasteiger partial charge is 0.260 e. The van der Waals surface area contributed by atoms with Crippen LogP contribution in [0.15, 0.2) is 18.2 Å². The molecular weight excluding hydrogens is 242 g/mol. The molecule has 1 rings (SSSR count). The van der Waals surface area contributed by atoms with E-state index in [0.29, 0.717) is 0 Å². The van der Waals surface area contributed by atoms with Gasteiger partial charge in [-0.25, -0.2) is 0 Å². The zero-order valence-electron chi connectivity index (χ0n) is 5.45. The van der Waals surface area contributed by atoms with Crippen molar-refractivity contribution in [3.63, 3.8) is 0 Å². The van der Waals surface area contributed by atoms with E-state index >= 15 is 0 Å². The van der Waals surface area contributed by atoms with Crippen molar-refractivity contribution >= 4 is 17.3 Å². The summed E-state index contributed by atoms with van der Waals surface area (Å²) in [5.74, 6) is 0. The Bertz CT molecular complexity index is 267. The van der Waals surface area contributed by atoms with E-state index in [2.05, 4.69) is 6.07 Å². The van der Waals surface area contributed by atoms with Crippen molar-refractivity contribution in [2.75, 3.05) is 0 Å². The number of halogens is 1. The first-order valence-corrected chi connectivity index (χ1v) is 2.89. The average Bonchev–Trinajstić information content (AvgIpc) is 1.88. The van der Waals surface area contributed by atoms with Crippen molar-refractivity contribution in [1.82, 2.24) is 0 Å². The minimum absolute atomic E-state index is 0. The Morgan fingerprint density at radius 3 is 2.64 bits per heavy atom. The van der Waals surface area contributed by atoms with Gasteiger partial charge in [0.1, 0.15) is 0 Å². The number of hydrogen-bond acceptors (Lipinski definition) is 2. The number of hydrogen-bond donors (Lipinski definition) is 0. The van der Waals surface area contributed by atoms with Gasteiger partial charge in [0, 0.05) is 37.6 Å². The normalized spacial score (nSPS) is 8.45. The van der Waals surface area contributed by atoms with Crippen molar-refractivity contribution in [2.45, 2.75) is 0 Å². The Balaban J connectivity index is 0.000001000. The Kier molecular flexibility index (Phi) is 4.81. The number of rotatable bonds is 1. The molecule has 0 aliphatic heterocycles. The van der Waals surface area contributed by atoms with Crippen molar-refractivity contribution in [1.29, 1.82) is 0 Å². The molecule has 11 heavy (non-hydrogen) atoms. The minimum atomic E-state index is -0.500. The number of benzene rings is 1. The van der Waals surface area contributed by atoms with E-state index in [1.807, 2.05) is 0 Å². The maximum atomic E-state index is 10.1. The van der Waals surface area contributed by atoms with Gasteiger partial charge in [-0.15, -0.1) is 11.6 Å². The third-order valence-electron chi connectivity index (χ3n) is 0.961. The summed E-state index contributed by atoms with van der Waals surface area (Å²) < 4.78 is 0. The van der Waals surface area contributed by atoms with Crippen LogP contribution in [0.2, 0.25) is 5.02 Å². The molecule has 0 N–H and O–H groups in total. The summed E-state index contributed by atoms with van der Waals surface area (Å²) in [6.45, 7) is 0. The Labute approximate surface area is 93.8 Å². The molecule has 0 atom stereocenters. The van der Waals surface area contributed by atoms with Crippen LogP contribution in [-0.2, 0) is 32.7 Å². The van der Waals surface area contributed by atoms with Crippen molar-refractivity contribution in [2.24, 2.45) is 0 Å². The molecule has 0 aromatic heterocycles. The van der Waals surface area contributed by atoms with Gasteiger partial charge in [-0.1, -0.05) is 17.2 Å². The van der Waals surface area contributed by atoms with Crippen LogP contribution in [0, 0.1) is 16.2 Å². The fourth-order valence-electron chi connectivity index (χ4n) is 0.540. The first-order chi connectivity index (χ1) is 4.70. The molecule has 0 bridgehead atoms. The van der Waals surface area contributed by atoms with Gasteiger partial charge in [0.25, 0.3) is 0 Å². The first kappa shape index (κ1) is 11.0. The molecule has 0 aliphatic carbocycles. The van der Waals surface area contributed by atoms with Crippen LogP contribution < -0.4 is 0 Å². The maximum Gasteiger partial charge on any atom is 0.168 e. The van der Waals surface area contributed by atoms with Gasteiger partial charge < -0.3 is 0 Å². The van der Waals surface area contributed by atoms with Crippen molar-refractivity contribution in [3.05, 3.63) is 39.4 Å². The van der Waals surface area contributed by atoms with E-state index in [-0.39, 0.29) is 43.4 Å². The van der Waals surface area contributed by atoms with Gasteiger partial charge in [0.05, 0.1) is 0 Å². The van der Waals surface area contributed by atoms with Gasteiger partial charge >= 0.3 is 0 Å². The number of non-ortho nitro benzene ring substituents is 1. The van der Waals surface area contributed by atoms with E-state index in [1.54, 1.807) is 0 Å². The van der Waals surface area contributed by atoms with Crippen LogP contribution in [0.25, 0.3) is 0 Å². The molecule has 0 unspecified atom stereocenters. The molecule has 1 aromatic carbocycles. The van der Waals surface area contributed by atoms with Crippen LogP contribution in [-0.4, -0.2) is 4.92 Å². The fourth-order valence-corrected chi connectivity index (χ4v) is 0.715. The average molecular weight is 245 g/mol. The van der Waals surface area contributed by atoms with Crippen LogP contribution >= 0.6 is 11.6 Å². The molecule has 3 nitrogen and oxygen atoms in total. The molecule has 0 saturated heterocycles. The summed E-state index contributed by atoms with van der Waals surface area (Å²) in [7, 11) is 0. The summed E-state index contributed by atoms with van der Waals surface area (Å²) in [6, 6.07) is 6.60. The summed E-state index contributed by atoms with van der Waals surface area (Å²) in [5, 5.41) is 10.3. The molecule has 5 heteroatoms. The quantitative estimate of drug-likeness (QED) is 0.432. The standard InChI is InChI=1S/C6H3ClNO2.Y/c7-5-2-1-3-6(4-5)8(9)10;/h1,3-4H;/q-1;. The number of nitro benzene ring substituents is 1. The summed E-state index contributed by atoms with van der Waals surface area (Å²) >= 11 is 5.43. The second kappa shape index (κ2) is 4.80. The Morgan fingerprint density at radius 1 is 1.64 bits per heavy atom. The van der Waals surface area contributed by atoms with E-state index in [0.717, 1.165) is 0 Å². The van der Waals surface area contributed by atoms with Gasteiger partial charge in [-0.3, -0.25) is 10.1 Å². The molecule has 0 amide bonds. The van der Waals surface area contributed by atoms with Crippen LogP contribution in [0.1, 0.15) is 0 Å². The molecule has 55 valence electrons. The number of nitro groups is 1. The van der Waals surface area contributed by atoms with E-state index in [9.17, 15) is 10.1 Å². The summed E-state index contributed by atoms with van der Waals surface area (Å²) in [6.07, 6.45) is 0. The molecule has 0 fully saturated rings. The van der Waals surface area contributed by atoms with Crippen LogP contribution in [0.5, 0.6) is 0 Å². The first-order valence-electron chi connectivity index (χ1n) is 2.52. The van der Waals surface area contributed by atoms with Crippen LogP contribution in [0.4, 0.5) is 5.69 Å². The van der Waals surface area contributed by atoms with Crippen molar-refractivity contribution < 1.29 is 37.6 Å². The van der Waals surface area contributed by atoms with E-state index < -0.39 is 4.92 Å². The van der Waals surface area contributed by atoms with Gasteiger partial charge in [0.15, 0.2) is 5.69 Å². The fraction of sp³-hybridized carbons (Fsp3) is 0. The second-order valence-electron chi connectivity index (χ2n) is 1.65. The molecule has 1 aromatic rings. The summed E-state index contributed by atoms with van der Waals surface area (Å²) in [5.41, 5.74) is -0.0104. The van der Waals surface area contributed by atoms with E-state index in [1.165, 1.54) is 18.2 Å². The van der Waals surface area contributed by atoms with Crippen LogP contribution in [0.3, 0.4) is 0 Å². The molecule has 0 heterocycles. The predicted octanol–water partition coefficient (Wildman–Crippen LogP) is 2.05. The third-order valence-corrected chi connectivity index (χ3v) is 1.18. The smallest absolute Gasteiger partial charge is 0.168 e. The topological polar surface area (TPSA) is 43.1 Å². The Hall–Kier alpha value is 0.0139. The molecule has 0 saturated carbocycles. The summed E-state index contributed by atoms with van der Waals surface area (Å²) in [4.78, 5) is 9.59. The zero-order chi connectivity index (χ0) is 7.56. The minimum Gasteiger partial charge on any atom is -0.260 e. The predicted molar refractivity (Wildman–Crippen MR) is 36.9 cm³/mol. The molecule has 0 aliphatic rings. The number of nitrogens with zero attached hydrogens (tertiary/aromatic N) is 1. The van der Waals surface area contributed by atoms with Crippen molar-refractivity contribution in [3.8, 4) is 0 Å². The molecule has 0 spiro atoms. The molecule has 1 radical (unpaired) electrons. The van der Waals surface area contributed by atoms with Gasteiger partial charge in [-0.05, 0) is 0 Å². The SMILES string of the molecule is O=[N+]([O-])c1cc[c-]c(Cl)c1.[Y]. The monoisotopic (exact) mass is 245 g/mol. The third kappa shape index (κ3) is 3.27. The van der Waals surface area contributed by atoms with Gasteiger partial charge in [0.2, 0.25) is 0 Å². The van der Waals surface area contributed by atoms with E-state index in [4.69, 9.17) is 11.6 Å².